The lowest BCUT2D eigenvalue weighted by Crippen LogP contribution is -2.53. The highest BCUT2D eigenvalue weighted by atomic mass is 16.6. The number of hydrogen-bond acceptors (Lipinski definition) is 5. The zero-order valence-corrected chi connectivity index (χ0v) is 17.7. The number of hydrogen-bond donors (Lipinski definition) is 1. The van der Waals surface area contributed by atoms with Gasteiger partial charge in [0.1, 0.15) is 5.82 Å². The van der Waals surface area contributed by atoms with Gasteiger partial charge in [0.15, 0.2) is 5.96 Å². The molecule has 8 nitrogen and oxygen atoms in total. The van der Waals surface area contributed by atoms with Gasteiger partial charge >= 0.3 is 6.09 Å². The number of anilines is 1. The fraction of sp³-hybridized carbons (Fsp3) is 0.476. The van der Waals surface area contributed by atoms with Gasteiger partial charge in [-0.15, -0.1) is 0 Å². The first-order valence-corrected chi connectivity index (χ1v) is 9.96. The van der Waals surface area contributed by atoms with Gasteiger partial charge in [-0.05, 0) is 24.6 Å². The van der Waals surface area contributed by atoms with E-state index in [4.69, 9.17) is 9.72 Å². The van der Waals surface area contributed by atoms with E-state index in [0.29, 0.717) is 26.2 Å². The number of aliphatic imine (C=N–C) groups is 1. The maximum atomic E-state index is 11.9. The Labute approximate surface area is 172 Å². The third kappa shape index (κ3) is 4.88. The van der Waals surface area contributed by atoms with Gasteiger partial charge in [-0.3, -0.25) is 4.99 Å². The Morgan fingerprint density at radius 2 is 1.90 bits per heavy atom. The molecule has 2 aromatic rings. The van der Waals surface area contributed by atoms with E-state index in [1.54, 1.807) is 11.9 Å². The van der Waals surface area contributed by atoms with Crippen LogP contribution < -0.4 is 10.2 Å². The summed E-state index contributed by atoms with van der Waals surface area (Å²) in [5.41, 5.74) is 2.15. The number of benzene rings is 1. The number of piperazine rings is 1. The molecule has 0 spiro atoms. The summed E-state index contributed by atoms with van der Waals surface area (Å²) in [6, 6.07) is 10.3. The summed E-state index contributed by atoms with van der Waals surface area (Å²) >= 11 is 0. The largest absolute Gasteiger partial charge is 0.450 e. The first kappa shape index (κ1) is 20.7. The lowest BCUT2D eigenvalue weighted by molar-refractivity contribution is 0.0914. The van der Waals surface area contributed by atoms with E-state index in [2.05, 4.69) is 27.3 Å². The van der Waals surface area contributed by atoms with Crippen molar-refractivity contribution in [2.24, 2.45) is 4.99 Å². The van der Waals surface area contributed by atoms with Gasteiger partial charge in [0.05, 0.1) is 12.1 Å². The molecule has 1 aromatic heterocycles. The number of amides is 1. The molecule has 0 atom stereocenters. The molecule has 0 radical (unpaired) electrons. The molecule has 0 unspecified atom stereocenters. The summed E-state index contributed by atoms with van der Waals surface area (Å²) in [6.07, 6.45) is -0.241. The minimum atomic E-state index is -0.241. The van der Waals surface area contributed by atoms with Crippen LogP contribution in [0.25, 0.3) is 10.9 Å². The first-order valence-electron chi connectivity index (χ1n) is 9.96. The number of ether oxygens (including phenoxy) is 1. The molecule has 1 saturated heterocycles. The standard InChI is InChI=1S/C21H30N6O2/c1-5-29-21(28)27-12-10-26(11-13-27)20(22-2)23-15-16-14-19(25(3)4)24-18-9-7-6-8-17(16)18/h6-9,14H,5,10-13,15H2,1-4H3,(H,22,23). The SMILES string of the molecule is CCOC(=O)N1CCN(C(=NC)NCc2cc(N(C)C)nc3ccccc23)CC1. The second-order valence-electron chi connectivity index (χ2n) is 7.12. The zero-order valence-electron chi connectivity index (χ0n) is 17.7. The molecule has 1 fully saturated rings. The molecule has 0 saturated carbocycles. The van der Waals surface area contributed by atoms with Crippen molar-refractivity contribution >= 4 is 28.8 Å². The smallest absolute Gasteiger partial charge is 0.409 e. The van der Waals surface area contributed by atoms with Crippen molar-refractivity contribution in [1.29, 1.82) is 0 Å². The van der Waals surface area contributed by atoms with E-state index in [0.717, 1.165) is 35.8 Å². The minimum Gasteiger partial charge on any atom is -0.450 e. The molecule has 1 aliphatic rings. The van der Waals surface area contributed by atoms with Gasteiger partial charge < -0.3 is 24.8 Å². The lowest BCUT2D eigenvalue weighted by atomic mass is 10.1. The summed E-state index contributed by atoms with van der Waals surface area (Å²) in [5.74, 6) is 1.76. The molecule has 1 aromatic carbocycles. The molecular formula is C21H30N6O2. The zero-order chi connectivity index (χ0) is 20.8. The molecule has 2 heterocycles. The molecule has 3 rings (SSSR count). The Morgan fingerprint density at radius 3 is 2.55 bits per heavy atom. The topological polar surface area (TPSA) is 73.3 Å². The Kier molecular flexibility index (Phi) is 6.74. The van der Waals surface area contributed by atoms with Gasteiger partial charge in [-0.25, -0.2) is 9.78 Å². The van der Waals surface area contributed by atoms with Gasteiger partial charge in [0.25, 0.3) is 0 Å². The lowest BCUT2D eigenvalue weighted by Gasteiger charge is -2.35. The molecular weight excluding hydrogens is 368 g/mol. The third-order valence-electron chi connectivity index (χ3n) is 5.00. The van der Waals surface area contributed by atoms with E-state index in [1.165, 1.54) is 5.56 Å². The van der Waals surface area contributed by atoms with Gasteiger partial charge in [-0.2, -0.15) is 0 Å². The summed E-state index contributed by atoms with van der Waals surface area (Å²) < 4.78 is 5.09. The minimum absolute atomic E-state index is 0.241. The number of guanidine groups is 1. The van der Waals surface area contributed by atoms with Crippen LogP contribution in [0, 0.1) is 0 Å². The second-order valence-corrected chi connectivity index (χ2v) is 7.12. The average molecular weight is 399 g/mol. The number of carbonyl (C=O) groups is 1. The highest BCUT2D eigenvalue weighted by molar-refractivity contribution is 5.85. The van der Waals surface area contributed by atoms with Crippen molar-refractivity contribution in [1.82, 2.24) is 20.1 Å². The average Bonchev–Trinajstić information content (AvgIpc) is 2.74. The summed E-state index contributed by atoms with van der Waals surface area (Å²) in [6.45, 7) is 5.57. The van der Waals surface area contributed by atoms with Crippen molar-refractivity contribution in [2.45, 2.75) is 13.5 Å². The third-order valence-corrected chi connectivity index (χ3v) is 5.00. The maximum Gasteiger partial charge on any atom is 0.409 e. The Bertz CT molecular complexity index is 875. The maximum absolute atomic E-state index is 11.9. The molecule has 1 amide bonds. The van der Waals surface area contributed by atoms with Crippen molar-refractivity contribution in [2.75, 3.05) is 58.8 Å². The van der Waals surface area contributed by atoms with E-state index in [-0.39, 0.29) is 6.09 Å². The number of pyridine rings is 1. The van der Waals surface area contributed by atoms with Crippen LogP contribution in [-0.4, -0.2) is 80.8 Å². The number of nitrogens with zero attached hydrogens (tertiary/aromatic N) is 5. The van der Waals surface area contributed by atoms with E-state index in [9.17, 15) is 4.79 Å². The number of rotatable bonds is 4. The van der Waals surface area contributed by atoms with E-state index in [1.807, 2.05) is 44.1 Å². The molecule has 1 aliphatic heterocycles. The fourth-order valence-electron chi connectivity index (χ4n) is 3.43. The Hall–Kier alpha value is -3.03. The predicted octanol–water partition coefficient (Wildman–Crippen LogP) is 2.15. The van der Waals surface area contributed by atoms with Crippen LogP contribution in [0.5, 0.6) is 0 Å². The molecule has 156 valence electrons. The molecule has 1 N–H and O–H groups in total. The van der Waals surface area contributed by atoms with Crippen LogP contribution in [-0.2, 0) is 11.3 Å². The van der Waals surface area contributed by atoms with Crippen LogP contribution in [0.1, 0.15) is 12.5 Å². The van der Waals surface area contributed by atoms with Gasteiger partial charge in [0.2, 0.25) is 0 Å². The van der Waals surface area contributed by atoms with Crippen molar-refractivity contribution in [3.8, 4) is 0 Å². The molecule has 0 bridgehead atoms. The number of fused-ring (bicyclic) bond motifs is 1. The molecule has 8 heteroatoms. The van der Waals surface area contributed by atoms with E-state index < -0.39 is 0 Å². The van der Waals surface area contributed by atoms with Crippen LogP contribution >= 0.6 is 0 Å². The predicted molar refractivity (Wildman–Crippen MR) is 116 cm³/mol. The first-order chi connectivity index (χ1) is 14.0. The molecule has 29 heavy (non-hydrogen) atoms. The Balaban J connectivity index is 1.68. The normalized spacial score (nSPS) is 14.8. The van der Waals surface area contributed by atoms with Crippen LogP contribution in [0.2, 0.25) is 0 Å². The van der Waals surface area contributed by atoms with Gasteiger partial charge in [0, 0.05) is 59.3 Å². The van der Waals surface area contributed by atoms with Gasteiger partial charge in [-0.1, -0.05) is 18.2 Å². The number of para-hydroxylation sites is 1. The highest BCUT2D eigenvalue weighted by Crippen LogP contribution is 2.22. The quantitative estimate of drug-likeness (QED) is 0.628. The fourth-order valence-corrected chi connectivity index (χ4v) is 3.43. The summed E-state index contributed by atoms with van der Waals surface area (Å²) in [4.78, 5) is 27.0. The Morgan fingerprint density at radius 1 is 1.21 bits per heavy atom. The van der Waals surface area contributed by atoms with Crippen LogP contribution in [0.4, 0.5) is 10.6 Å². The number of carbonyl (C=O) groups excluding carboxylic acids is 1. The van der Waals surface area contributed by atoms with Crippen LogP contribution in [0.3, 0.4) is 0 Å². The van der Waals surface area contributed by atoms with Crippen molar-refractivity contribution in [3.63, 3.8) is 0 Å². The number of nitrogens with one attached hydrogen (secondary N) is 1. The summed E-state index contributed by atoms with van der Waals surface area (Å²) in [5, 5.41) is 4.61. The second kappa shape index (κ2) is 9.45. The summed E-state index contributed by atoms with van der Waals surface area (Å²) in [7, 11) is 5.78. The highest BCUT2D eigenvalue weighted by Gasteiger charge is 2.23. The monoisotopic (exact) mass is 398 g/mol. The number of aromatic nitrogens is 1. The van der Waals surface area contributed by atoms with Crippen molar-refractivity contribution in [3.05, 3.63) is 35.9 Å². The van der Waals surface area contributed by atoms with Crippen LogP contribution in [0.15, 0.2) is 35.3 Å². The molecule has 0 aliphatic carbocycles. The van der Waals surface area contributed by atoms with Crippen molar-refractivity contribution < 1.29 is 9.53 Å². The van der Waals surface area contributed by atoms with E-state index >= 15 is 0 Å².